The monoisotopic (exact) mass is 268 g/mol. The molecular weight excluding hydrogens is 232 g/mol. The van der Waals surface area contributed by atoms with E-state index >= 15 is 0 Å². The number of nitrogens with zero attached hydrogens (tertiary/aromatic N) is 1. The molecule has 1 aliphatic rings. The fraction of sp³-hybridized carbons (Fsp3) is 1.00. The van der Waals surface area contributed by atoms with Crippen molar-refractivity contribution in [1.82, 2.24) is 10.2 Å². The molecule has 0 aromatic heterocycles. The van der Waals surface area contributed by atoms with E-state index < -0.39 is 0 Å². The van der Waals surface area contributed by atoms with E-state index in [1.165, 1.54) is 64.6 Å². The molecule has 3 atom stereocenters. The van der Waals surface area contributed by atoms with Crippen LogP contribution in [0.5, 0.6) is 0 Å². The van der Waals surface area contributed by atoms with Crippen molar-refractivity contribution in [1.29, 1.82) is 0 Å². The fourth-order valence-corrected chi connectivity index (χ4v) is 3.19. The van der Waals surface area contributed by atoms with Gasteiger partial charge in [-0.3, -0.25) is 4.90 Å². The molecule has 0 saturated heterocycles. The van der Waals surface area contributed by atoms with Crippen LogP contribution in [0.25, 0.3) is 0 Å². The van der Waals surface area contributed by atoms with Crippen LogP contribution in [0.4, 0.5) is 0 Å². The zero-order chi connectivity index (χ0) is 14.1. The van der Waals surface area contributed by atoms with Crippen LogP contribution >= 0.6 is 0 Å². The summed E-state index contributed by atoms with van der Waals surface area (Å²) < 4.78 is 0. The van der Waals surface area contributed by atoms with Gasteiger partial charge in [-0.05, 0) is 45.1 Å². The van der Waals surface area contributed by atoms with E-state index in [1.807, 2.05) is 0 Å². The molecule has 2 nitrogen and oxygen atoms in total. The Morgan fingerprint density at radius 3 is 2.53 bits per heavy atom. The Bertz CT molecular complexity index is 217. The lowest BCUT2D eigenvalue weighted by Gasteiger charge is -2.32. The second kappa shape index (κ2) is 9.77. The minimum absolute atomic E-state index is 0.733. The summed E-state index contributed by atoms with van der Waals surface area (Å²) in [6.45, 7) is 13.0. The molecule has 3 unspecified atom stereocenters. The van der Waals surface area contributed by atoms with Crippen molar-refractivity contribution in [3.63, 3.8) is 0 Å². The molecule has 1 N–H and O–H groups in total. The lowest BCUT2D eigenvalue weighted by Crippen LogP contribution is -2.44. The van der Waals surface area contributed by atoms with Crippen molar-refractivity contribution in [2.24, 2.45) is 5.92 Å². The largest absolute Gasteiger partial charge is 0.312 e. The van der Waals surface area contributed by atoms with Gasteiger partial charge in [-0.2, -0.15) is 0 Å². The quantitative estimate of drug-likeness (QED) is 0.678. The topological polar surface area (TPSA) is 15.3 Å². The van der Waals surface area contributed by atoms with Crippen molar-refractivity contribution < 1.29 is 0 Å². The Morgan fingerprint density at radius 1 is 1.16 bits per heavy atom. The first-order chi connectivity index (χ1) is 9.19. The van der Waals surface area contributed by atoms with Gasteiger partial charge in [0.15, 0.2) is 0 Å². The maximum atomic E-state index is 3.82. The van der Waals surface area contributed by atoms with Gasteiger partial charge < -0.3 is 5.32 Å². The average Bonchev–Trinajstić information content (AvgIpc) is 2.43. The molecule has 114 valence electrons. The highest BCUT2D eigenvalue weighted by atomic mass is 15.2. The molecule has 0 aliphatic heterocycles. The van der Waals surface area contributed by atoms with E-state index in [-0.39, 0.29) is 0 Å². The first-order valence-electron chi connectivity index (χ1n) is 8.66. The van der Waals surface area contributed by atoms with Crippen LogP contribution in [0.15, 0.2) is 0 Å². The molecular formula is C17H36N2. The molecule has 0 aromatic carbocycles. The number of unbranched alkanes of at least 4 members (excludes halogenated alkanes) is 1. The van der Waals surface area contributed by atoms with Gasteiger partial charge in [-0.15, -0.1) is 0 Å². The van der Waals surface area contributed by atoms with E-state index in [0.717, 1.165) is 18.0 Å². The van der Waals surface area contributed by atoms with Crippen LogP contribution in [0.3, 0.4) is 0 Å². The molecule has 1 rings (SSSR count). The van der Waals surface area contributed by atoms with Crippen LogP contribution in [0, 0.1) is 5.92 Å². The molecule has 1 aliphatic carbocycles. The number of hydrogen-bond donors (Lipinski definition) is 1. The first kappa shape index (κ1) is 17.0. The summed E-state index contributed by atoms with van der Waals surface area (Å²) in [6.07, 6.45) is 9.58. The lowest BCUT2D eigenvalue weighted by molar-refractivity contribution is 0.190. The molecule has 0 spiro atoms. The number of rotatable bonds is 9. The van der Waals surface area contributed by atoms with Crippen LogP contribution in [0.1, 0.15) is 72.6 Å². The second-order valence-corrected chi connectivity index (χ2v) is 6.47. The van der Waals surface area contributed by atoms with E-state index in [0.29, 0.717) is 0 Å². The molecule has 1 fully saturated rings. The summed E-state index contributed by atoms with van der Waals surface area (Å²) in [4.78, 5) is 2.67. The minimum atomic E-state index is 0.733. The Balaban J connectivity index is 2.26. The Morgan fingerprint density at radius 2 is 1.89 bits per heavy atom. The van der Waals surface area contributed by atoms with Gasteiger partial charge in [0.2, 0.25) is 0 Å². The third-order valence-electron chi connectivity index (χ3n) is 4.93. The SMILES string of the molecule is CCCCN(CCNC1CCCCC1C)C(C)CC. The summed E-state index contributed by atoms with van der Waals surface area (Å²) in [5, 5.41) is 3.82. The van der Waals surface area contributed by atoms with E-state index in [2.05, 4.69) is 37.9 Å². The van der Waals surface area contributed by atoms with Gasteiger partial charge in [0.1, 0.15) is 0 Å². The smallest absolute Gasteiger partial charge is 0.0110 e. The van der Waals surface area contributed by atoms with Crippen LogP contribution < -0.4 is 5.32 Å². The van der Waals surface area contributed by atoms with Crippen molar-refractivity contribution in [3.8, 4) is 0 Å². The maximum Gasteiger partial charge on any atom is 0.0110 e. The summed E-state index contributed by atoms with van der Waals surface area (Å²) in [6, 6.07) is 1.51. The first-order valence-corrected chi connectivity index (χ1v) is 8.66. The van der Waals surface area contributed by atoms with Crippen molar-refractivity contribution in [2.45, 2.75) is 84.7 Å². The molecule has 0 amide bonds. The predicted octanol–water partition coefficient (Wildman–Crippen LogP) is 4.06. The van der Waals surface area contributed by atoms with Crippen LogP contribution in [-0.4, -0.2) is 36.6 Å². The summed E-state index contributed by atoms with van der Waals surface area (Å²) in [7, 11) is 0. The van der Waals surface area contributed by atoms with Gasteiger partial charge >= 0.3 is 0 Å². The van der Waals surface area contributed by atoms with Crippen LogP contribution in [-0.2, 0) is 0 Å². The normalized spacial score (nSPS) is 25.7. The summed E-state index contributed by atoms with van der Waals surface area (Å²) in [5.74, 6) is 0.876. The van der Waals surface area contributed by atoms with Gasteiger partial charge in [-0.1, -0.05) is 40.0 Å². The van der Waals surface area contributed by atoms with Crippen molar-refractivity contribution in [3.05, 3.63) is 0 Å². The second-order valence-electron chi connectivity index (χ2n) is 6.47. The van der Waals surface area contributed by atoms with E-state index in [4.69, 9.17) is 0 Å². The predicted molar refractivity (Wildman–Crippen MR) is 85.7 cm³/mol. The van der Waals surface area contributed by atoms with E-state index in [9.17, 15) is 0 Å². The molecule has 19 heavy (non-hydrogen) atoms. The molecule has 0 heterocycles. The highest BCUT2D eigenvalue weighted by Crippen LogP contribution is 2.23. The van der Waals surface area contributed by atoms with Gasteiger partial charge in [-0.25, -0.2) is 0 Å². The molecule has 0 radical (unpaired) electrons. The molecule has 1 saturated carbocycles. The van der Waals surface area contributed by atoms with Crippen LogP contribution in [0.2, 0.25) is 0 Å². The Hall–Kier alpha value is -0.0800. The molecule has 0 bridgehead atoms. The number of nitrogens with one attached hydrogen (secondary N) is 1. The zero-order valence-electron chi connectivity index (χ0n) is 13.8. The third-order valence-corrected chi connectivity index (χ3v) is 4.93. The zero-order valence-corrected chi connectivity index (χ0v) is 13.8. The summed E-state index contributed by atoms with van der Waals surface area (Å²) in [5.41, 5.74) is 0. The number of hydrogen-bond acceptors (Lipinski definition) is 2. The fourth-order valence-electron chi connectivity index (χ4n) is 3.19. The highest BCUT2D eigenvalue weighted by Gasteiger charge is 2.20. The minimum Gasteiger partial charge on any atom is -0.312 e. The van der Waals surface area contributed by atoms with Gasteiger partial charge in [0.25, 0.3) is 0 Å². The maximum absolute atomic E-state index is 3.82. The lowest BCUT2D eigenvalue weighted by atomic mass is 9.86. The van der Waals surface area contributed by atoms with Crippen molar-refractivity contribution in [2.75, 3.05) is 19.6 Å². The Kier molecular flexibility index (Phi) is 8.72. The average molecular weight is 268 g/mol. The third kappa shape index (κ3) is 6.27. The van der Waals surface area contributed by atoms with Gasteiger partial charge in [0.05, 0.1) is 0 Å². The van der Waals surface area contributed by atoms with Crippen molar-refractivity contribution >= 4 is 0 Å². The highest BCUT2D eigenvalue weighted by molar-refractivity contribution is 4.78. The standard InChI is InChI=1S/C17H36N2/c1-5-7-13-19(16(4)6-2)14-12-18-17-11-9-8-10-15(17)3/h15-18H,5-14H2,1-4H3. The van der Waals surface area contributed by atoms with Gasteiger partial charge in [0, 0.05) is 25.2 Å². The molecule has 2 heteroatoms. The summed E-state index contributed by atoms with van der Waals surface area (Å²) >= 11 is 0. The Labute approximate surface area is 121 Å². The molecule has 0 aromatic rings. The van der Waals surface area contributed by atoms with E-state index in [1.54, 1.807) is 0 Å².